The van der Waals surface area contributed by atoms with E-state index in [9.17, 15) is 0 Å². The van der Waals surface area contributed by atoms with E-state index >= 15 is 0 Å². The molecule has 1 rings (SSSR count). The van der Waals surface area contributed by atoms with E-state index in [0.717, 1.165) is 18.5 Å². The van der Waals surface area contributed by atoms with E-state index in [4.69, 9.17) is 0 Å². The Morgan fingerprint density at radius 1 is 1.56 bits per heavy atom. The van der Waals surface area contributed by atoms with Crippen molar-refractivity contribution in [1.29, 1.82) is 0 Å². The lowest BCUT2D eigenvalue weighted by Gasteiger charge is -2.19. The molecular formula is C6H13IN2. The van der Waals surface area contributed by atoms with Crippen molar-refractivity contribution in [2.24, 2.45) is 5.92 Å². The number of hydrogen-bond acceptors (Lipinski definition) is 2. The van der Waals surface area contributed by atoms with Crippen LogP contribution in [0.5, 0.6) is 0 Å². The number of nitrogens with one attached hydrogen (secondary N) is 1. The zero-order chi connectivity index (χ0) is 6.85. The largest absolute Gasteiger partial charge is 0.315 e. The van der Waals surface area contributed by atoms with E-state index in [2.05, 4.69) is 45.3 Å². The third-order valence-electron chi connectivity index (χ3n) is 1.93. The van der Waals surface area contributed by atoms with Crippen molar-refractivity contribution in [2.75, 3.05) is 20.1 Å². The van der Waals surface area contributed by atoms with Crippen molar-refractivity contribution >= 4 is 22.9 Å². The highest BCUT2D eigenvalue weighted by Gasteiger charge is 2.24. The summed E-state index contributed by atoms with van der Waals surface area (Å²) >= 11 is 2.35. The Morgan fingerprint density at radius 3 is 2.44 bits per heavy atom. The summed E-state index contributed by atoms with van der Waals surface area (Å²) in [6.45, 7) is 4.62. The molecule has 0 aromatic carbocycles. The molecule has 0 bridgehead atoms. The number of halogens is 1. The summed E-state index contributed by atoms with van der Waals surface area (Å²) in [7, 11) is 2.13. The van der Waals surface area contributed by atoms with Crippen molar-refractivity contribution in [3.05, 3.63) is 0 Å². The molecule has 0 amide bonds. The van der Waals surface area contributed by atoms with Crippen LogP contribution in [0.4, 0.5) is 0 Å². The molecule has 1 fully saturated rings. The second kappa shape index (κ2) is 3.16. The summed E-state index contributed by atoms with van der Waals surface area (Å²) in [6, 6.07) is 0.741. The number of likely N-dealkylation sites (N-methyl/N-ethyl adjacent to an activating group) is 1. The molecular weight excluding hydrogens is 227 g/mol. The average Bonchev–Trinajstić information content (AvgIpc) is 2.13. The van der Waals surface area contributed by atoms with Gasteiger partial charge in [-0.25, -0.2) is 3.11 Å². The second-order valence-corrected chi connectivity index (χ2v) is 4.25. The van der Waals surface area contributed by atoms with Crippen molar-refractivity contribution in [1.82, 2.24) is 8.43 Å². The minimum atomic E-state index is 0.741. The van der Waals surface area contributed by atoms with Crippen LogP contribution >= 0.6 is 22.9 Å². The molecule has 1 aliphatic rings. The molecule has 0 radical (unpaired) electrons. The van der Waals surface area contributed by atoms with Crippen LogP contribution in [0, 0.1) is 5.92 Å². The highest BCUT2D eigenvalue weighted by molar-refractivity contribution is 14.1. The number of nitrogens with zero attached hydrogens (tertiary/aromatic N) is 1. The normalized spacial score (nSPS) is 36.0. The van der Waals surface area contributed by atoms with Crippen molar-refractivity contribution < 1.29 is 0 Å². The lowest BCUT2D eigenvalue weighted by Crippen LogP contribution is -2.29. The van der Waals surface area contributed by atoms with Crippen LogP contribution in [0.25, 0.3) is 0 Å². The molecule has 0 unspecified atom stereocenters. The molecule has 0 aromatic rings. The van der Waals surface area contributed by atoms with Gasteiger partial charge in [0, 0.05) is 35.5 Å². The summed E-state index contributed by atoms with van der Waals surface area (Å²) < 4.78 is 2.27. The fourth-order valence-corrected chi connectivity index (χ4v) is 2.02. The van der Waals surface area contributed by atoms with E-state index in [1.54, 1.807) is 0 Å². The first-order valence-corrected chi connectivity index (χ1v) is 4.27. The Kier molecular flexibility index (Phi) is 2.73. The fraction of sp³-hybridized carbons (Fsp3) is 1.00. The van der Waals surface area contributed by atoms with Gasteiger partial charge in [-0.2, -0.15) is 0 Å². The zero-order valence-electron chi connectivity index (χ0n) is 5.89. The Morgan fingerprint density at radius 2 is 2.22 bits per heavy atom. The van der Waals surface area contributed by atoms with Crippen LogP contribution in [0.1, 0.15) is 6.92 Å². The minimum absolute atomic E-state index is 0.741. The van der Waals surface area contributed by atoms with Crippen LogP contribution in [-0.2, 0) is 0 Å². The average molecular weight is 240 g/mol. The molecule has 2 atom stereocenters. The molecule has 0 saturated carbocycles. The highest BCUT2D eigenvalue weighted by atomic mass is 127. The van der Waals surface area contributed by atoms with Crippen LogP contribution in [0.15, 0.2) is 0 Å². The summed E-state index contributed by atoms with van der Waals surface area (Å²) in [5, 5.41) is 3.36. The van der Waals surface area contributed by atoms with Gasteiger partial charge in [0.15, 0.2) is 0 Å². The van der Waals surface area contributed by atoms with E-state index < -0.39 is 0 Å². The monoisotopic (exact) mass is 240 g/mol. The van der Waals surface area contributed by atoms with Crippen molar-refractivity contribution in [2.45, 2.75) is 13.0 Å². The minimum Gasteiger partial charge on any atom is -0.315 e. The maximum absolute atomic E-state index is 3.36. The van der Waals surface area contributed by atoms with E-state index in [1.807, 2.05) is 0 Å². The van der Waals surface area contributed by atoms with Crippen LogP contribution in [-0.4, -0.2) is 29.3 Å². The summed E-state index contributed by atoms with van der Waals surface area (Å²) in [4.78, 5) is 0. The number of rotatable bonds is 1. The summed E-state index contributed by atoms with van der Waals surface area (Å²) in [6.07, 6.45) is 0. The molecule has 0 spiro atoms. The maximum Gasteiger partial charge on any atom is 0.0353 e. The van der Waals surface area contributed by atoms with Crippen LogP contribution in [0.2, 0.25) is 0 Å². The highest BCUT2D eigenvalue weighted by Crippen LogP contribution is 2.16. The Labute approximate surface area is 70.5 Å². The van der Waals surface area contributed by atoms with Gasteiger partial charge < -0.3 is 5.32 Å². The lowest BCUT2D eigenvalue weighted by atomic mass is 10.1. The van der Waals surface area contributed by atoms with Gasteiger partial charge in [0.1, 0.15) is 0 Å². The quantitative estimate of drug-likeness (QED) is 0.540. The summed E-state index contributed by atoms with van der Waals surface area (Å²) in [5.41, 5.74) is 0. The van der Waals surface area contributed by atoms with Gasteiger partial charge in [-0.15, -0.1) is 0 Å². The van der Waals surface area contributed by atoms with Gasteiger partial charge >= 0.3 is 0 Å². The van der Waals surface area contributed by atoms with Crippen molar-refractivity contribution in [3.63, 3.8) is 0 Å². The first kappa shape index (κ1) is 7.75. The Balaban J connectivity index is 2.40. The smallest absolute Gasteiger partial charge is 0.0353 e. The molecule has 1 heterocycles. The zero-order valence-corrected chi connectivity index (χ0v) is 8.05. The second-order valence-electron chi connectivity index (χ2n) is 2.73. The Bertz CT molecular complexity index is 95.1. The van der Waals surface area contributed by atoms with E-state index in [0.29, 0.717) is 0 Å². The van der Waals surface area contributed by atoms with E-state index in [-0.39, 0.29) is 0 Å². The molecule has 54 valence electrons. The molecule has 1 N–H and O–H groups in total. The SMILES string of the molecule is C[C@H]1CNC[C@H]1N(C)I. The fourth-order valence-electron chi connectivity index (χ4n) is 1.27. The summed E-state index contributed by atoms with van der Waals surface area (Å²) in [5.74, 6) is 0.812. The third-order valence-corrected chi connectivity index (χ3v) is 2.65. The molecule has 9 heavy (non-hydrogen) atoms. The third kappa shape index (κ3) is 1.78. The molecule has 1 saturated heterocycles. The molecule has 2 nitrogen and oxygen atoms in total. The van der Waals surface area contributed by atoms with Crippen LogP contribution < -0.4 is 5.32 Å². The molecule has 1 aliphatic heterocycles. The first-order chi connectivity index (χ1) is 4.22. The topological polar surface area (TPSA) is 15.3 Å². The standard InChI is InChI=1S/C6H13IN2/c1-5-3-8-4-6(5)9(2)7/h5-6,8H,3-4H2,1-2H3/t5-,6+/m0/s1. The first-order valence-electron chi connectivity index (χ1n) is 3.31. The molecule has 0 aliphatic carbocycles. The van der Waals surface area contributed by atoms with Crippen LogP contribution in [0.3, 0.4) is 0 Å². The van der Waals surface area contributed by atoms with Gasteiger partial charge in [0.2, 0.25) is 0 Å². The van der Waals surface area contributed by atoms with Gasteiger partial charge in [-0.3, -0.25) is 0 Å². The predicted molar refractivity (Wildman–Crippen MR) is 47.6 cm³/mol. The van der Waals surface area contributed by atoms with Gasteiger partial charge in [0.05, 0.1) is 0 Å². The number of hydrogen-bond donors (Lipinski definition) is 1. The molecule has 0 aromatic heterocycles. The maximum atomic E-state index is 3.36. The predicted octanol–water partition coefficient (Wildman–Crippen LogP) is 0.876. The Hall–Kier alpha value is 0.650. The van der Waals surface area contributed by atoms with Gasteiger partial charge in [-0.1, -0.05) is 6.92 Å². The lowest BCUT2D eigenvalue weighted by molar-refractivity contribution is 0.389. The molecule has 3 heteroatoms. The van der Waals surface area contributed by atoms with Crippen molar-refractivity contribution in [3.8, 4) is 0 Å². The van der Waals surface area contributed by atoms with Gasteiger partial charge in [-0.05, 0) is 19.5 Å². The van der Waals surface area contributed by atoms with Gasteiger partial charge in [0.25, 0.3) is 0 Å². The van der Waals surface area contributed by atoms with E-state index in [1.165, 1.54) is 6.54 Å².